The van der Waals surface area contributed by atoms with Crippen LogP contribution in [0.2, 0.25) is 0 Å². The Labute approximate surface area is 117 Å². The molecule has 2 atom stereocenters. The van der Waals surface area contributed by atoms with Gasteiger partial charge in [0.05, 0.1) is 0 Å². The highest BCUT2D eigenvalue weighted by atomic mass is 16.3. The molecule has 0 amide bonds. The molecule has 19 heavy (non-hydrogen) atoms. The highest BCUT2D eigenvalue weighted by Crippen LogP contribution is 2.39. The van der Waals surface area contributed by atoms with E-state index in [0.717, 1.165) is 30.8 Å². The van der Waals surface area contributed by atoms with Crippen molar-refractivity contribution in [2.75, 3.05) is 26.2 Å². The van der Waals surface area contributed by atoms with E-state index in [-0.39, 0.29) is 0 Å². The van der Waals surface area contributed by atoms with Gasteiger partial charge in [0, 0.05) is 31.8 Å². The van der Waals surface area contributed by atoms with Gasteiger partial charge in [0.15, 0.2) is 0 Å². The molecule has 2 saturated carbocycles. The number of rotatable bonds is 7. The zero-order valence-electron chi connectivity index (χ0n) is 12.2. The summed E-state index contributed by atoms with van der Waals surface area (Å²) in [6, 6.07) is 1.56. The van der Waals surface area contributed by atoms with Gasteiger partial charge < -0.3 is 10.4 Å². The minimum atomic E-state index is 0.317. The van der Waals surface area contributed by atoms with Gasteiger partial charge in [-0.15, -0.1) is 0 Å². The number of aliphatic hydroxyl groups excluding tert-OH is 1. The minimum absolute atomic E-state index is 0.317. The Bertz CT molecular complexity index is 276. The summed E-state index contributed by atoms with van der Waals surface area (Å²) in [7, 11) is 0. The van der Waals surface area contributed by atoms with Crippen molar-refractivity contribution in [1.82, 2.24) is 10.2 Å². The summed E-state index contributed by atoms with van der Waals surface area (Å²) >= 11 is 0. The van der Waals surface area contributed by atoms with Crippen LogP contribution in [0.5, 0.6) is 0 Å². The Morgan fingerprint density at radius 3 is 2.53 bits per heavy atom. The third-order valence-electron chi connectivity index (χ3n) is 5.29. The molecule has 3 rings (SSSR count). The molecule has 2 aliphatic carbocycles. The number of nitrogens with zero attached hydrogens (tertiary/aromatic N) is 1. The first-order valence-electron chi connectivity index (χ1n) is 8.43. The topological polar surface area (TPSA) is 35.5 Å². The first-order valence-corrected chi connectivity index (χ1v) is 8.43. The summed E-state index contributed by atoms with van der Waals surface area (Å²) in [5, 5.41) is 12.6. The highest BCUT2D eigenvalue weighted by molar-refractivity contribution is 4.91. The first-order chi connectivity index (χ1) is 9.35. The Morgan fingerprint density at radius 2 is 1.89 bits per heavy atom. The maximum Gasteiger partial charge on any atom is 0.0443 e. The number of nitrogens with one attached hydrogen (secondary N) is 1. The third kappa shape index (κ3) is 3.93. The molecule has 3 nitrogen and oxygen atoms in total. The SMILES string of the molecule is OCCCNC1CC(CC2CC2)CN(C2CCC2)C1. The molecule has 0 aromatic rings. The van der Waals surface area contributed by atoms with Crippen LogP contribution < -0.4 is 5.32 Å². The molecule has 3 aliphatic rings. The number of hydrogen-bond donors (Lipinski definition) is 2. The molecule has 0 radical (unpaired) electrons. The summed E-state index contributed by atoms with van der Waals surface area (Å²) in [5.41, 5.74) is 0. The van der Waals surface area contributed by atoms with Crippen molar-refractivity contribution < 1.29 is 5.11 Å². The van der Waals surface area contributed by atoms with Gasteiger partial charge in [-0.25, -0.2) is 0 Å². The second kappa shape index (κ2) is 6.55. The smallest absolute Gasteiger partial charge is 0.0443 e. The van der Waals surface area contributed by atoms with Gasteiger partial charge in [0.25, 0.3) is 0 Å². The van der Waals surface area contributed by atoms with Crippen molar-refractivity contribution in [3.05, 3.63) is 0 Å². The molecule has 1 heterocycles. The molecule has 3 fully saturated rings. The van der Waals surface area contributed by atoms with Crippen LogP contribution in [0.1, 0.15) is 51.4 Å². The van der Waals surface area contributed by atoms with Crippen LogP contribution in [0.25, 0.3) is 0 Å². The minimum Gasteiger partial charge on any atom is -0.396 e. The van der Waals surface area contributed by atoms with Gasteiger partial charge >= 0.3 is 0 Å². The largest absolute Gasteiger partial charge is 0.396 e. The lowest BCUT2D eigenvalue weighted by Crippen LogP contribution is -2.54. The molecule has 0 bridgehead atoms. The zero-order chi connectivity index (χ0) is 13.1. The predicted molar refractivity (Wildman–Crippen MR) is 78.2 cm³/mol. The summed E-state index contributed by atoms with van der Waals surface area (Å²) < 4.78 is 0. The Morgan fingerprint density at radius 1 is 1.05 bits per heavy atom. The summed E-state index contributed by atoms with van der Waals surface area (Å²) in [5.74, 6) is 1.98. The normalized spacial score (nSPS) is 33.3. The van der Waals surface area contributed by atoms with E-state index in [2.05, 4.69) is 10.2 Å². The summed E-state index contributed by atoms with van der Waals surface area (Å²) in [4.78, 5) is 2.77. The van der Waals surface area contributed by atoms with E-state index >= 15 is 0 Å². The van der Waals surface area contributed by atoms with Crippen LogP contribution in [0.3, 0.4) is 0 Å². The molecular weight excluding hydrogens is 236 g/mol. The van der Waals surface area contributed by atoms with Crippen molar-refractivity contribution in [2.24, 2.45) is 11.8 Å². The second-order valence-electron chi connectivity index (χ2n) is 7.05. The lowest BCUT2D eigenvalue weighted by atomic mass is 9.84. The van der Waals surface area contributed by atoms with E-state index in [1.165, 1.54) is 58.0 Å². The van der Waals surface area contributed by atoms with E-state index in [9.17, 15) is 0 Å². The Kier molecular flexibility index (Phi) is 4.78. The predicted octanol–water partition coefficient (Wildman–Crippen LogP) is 2.00. The van der Waals surface area contributed by atoms with Crippen LogP contribution in [-0.4, -0.2) is 48.3 Å². The standard InChI is InChI=1S/C16H30N2O/c19-8-2-7-17-15-10-14(9-13-5-6-13)11-18(12-15)16-3-1-4-16/h13-17,19H,1-12H2. The number of likely N-dealkylation sites (tertiary alicyclic amines) is 1. The fourth-order valence-electron chi connectivity index (χ4n) is 3.82. The molecule has 0 spiro atoms. The van der Waals surface area contributed by atoms with Gasteiger partial charge in [0.2, 0.25) is 0 Å². The Balaban J connectivity index is 1.49. The van der Waals surface area contributed by atoms with Crippen molar-refractivity contribution in [3.8, 4) is 0 Å². The van der Waals surface area contributed by atoms with Crippen LogP contribution in [0.4, 0.5) is 0 Å². The van der Waals surface area contributed by atoms with E-state index < -0.39 is 0 Å². The maximum atomic E-state index is 8.91. The molecule has 1 aliphatic heterocycles. The van der Waals surface area contributed by atoms with E-state index in [4.69, 9.17) is 5.11 Å². The number of hydrogen-bond acceptors (Lipinski definition) is 3. The van der Waals surface area contributed by atoms with Gasteiger partial charge in [-0.3, -0.25) is 4.90 Å². The molecule has 2 unspecified atom stereocenters. The average Bonchev–Trinajstić information content (AvgIpc) is 3.11. The van der Waals surface area contributed by atoms with E-state index in [1.807, 2.05) is 0 Å². The summed E-state index contributed by atoms with van der Waals surface area (Å²) in [6.07, 6.45) is 11.0. The van der Waals surface area contributed by atoms with E-state index in [1.54, 1.807) is 0 Å². The van der Waals surface area contributed by atoms with Crippen molar-refractivity contribution in [1.29, 1.82) is 0 Å². The number of aliphatic hydroxyl groups is 1. The zero-order valence-corrected chi connectivity index (χ0v) is 12.2. The van der Waals surface area contributed by atoms with Crippen LogP contribution >= 0.6 is 0 Å². The molecule has 1 saturated heterocycles. The first kappa shape index (κ1) is 13.8. The average molecular weight is 266 g/mol. The fraction of sp³-hybridized carbons (Fsp3) is 1.00. The van der Waals surface area contributed by atoms with Gasteiger partial charge in [-0.05, 0) is 50.5 Å². The van der Waals surface area contributed by atoms with Gasteiger partial charge in [-0.1, -0.05) is 19.3 Å². The Hall–Kier alpha value is -0.120. The molecule has 0 aromatic heterocycles. The molecule has 3 heteroatoms. The van der Waals surface area contributed by atoms with E-state index in [0.29, 0.717) is 12.6 Å². The van der Waals surface area contributed by atoms with Crippen LogP contribution in [0, 0.1) is 11.8 Å². The third-order valence-corrected chi connectivity index (χ3v) is 5.29. The fourth-order valence-corrected chi connectivity index (χ4v) is 3.82. The molecule has 2 N–H and O–H groups in total. The van der Waals surface area contributed by atoms with Crippen molar-refractivity contribution in [3.63, 3.8) is 0 Å². The lowest BCUT2D eigenvalue weighted by Gasteiger charge is -2.45. The van der Waals surface area contributed by atoms with Crippen LogP contribution in [0.15, 0.2) is 0 Å². The molecular formula is C16H30N2O. The second-order valence-corrected chi connectivity index (χ2v) is 7.05. The maximum absolute atomic E-state index is 8.91. The summed E-state index contributed by atoms with van der Waals surface area (Å²) in [6.45, 7) is 3.91. The van der Waals surface area contributed by atoms with Crippen LogP contribution in [-0.2, 0) is 0 Å². The number of piperidine rings is 1. The van der Waals surface area contributed by atoms with Gasteiger partial charge in [0.1, 0.15) is 0 Å². The van der Waals surface area contributed by atoms with Crippen molar-refractivity contribution in [2.45, 2.75) is 63.5 Å². The monoisotopic (exact) mass is 266 g/mol. The molecule has 0 aromatic carbocycles. The van der Waals surface area contributed by atoms with Crippen molar-refractivity contribution >= 4 is 0 Å². The lowest BCUT2D eigenvalue weighted by molar-refractivity contribution is 0.0543. The molecule has 110 valence electrons. The van der Waals surface area contributed by atoms with Gasteiger partial charge in [-0.2, -0.15) is 0 Å². The highest BCUT2D eigenvalue weighted by Gasteiger charge is 2.35. The quantitative estimate of drug-likeness (QED) is 0.692.